The number of nitrogens with zero attached hydrogens (tertiary/aromatic N) is 1. The SMILES string of the molecule is C=NC(C)C(C=CCCC(C)C)CCC. The normalized spacial score (nSPS) is 15.8. The smallest absolute Gasteiger partial charge is 0.0526 e. The van der Waals surface area contributed by atoms with E-state index in [1.165, 1.54) is 25.7 Å². The van der Waals surface area contributed by atoms with E-state index in [9.17, 15) is 0 Å². The zero-order chi connectivity index (χ0) is 11.7. The maximum Gasteiger partial charge on any atom is 0.0526 e. The van der Waals surface area contributed by atoms with E-state index in [1.807, 2.05) is 0 Å². The number of hydrogen-bond acceptors (Lipinski definition) is 1. The molecule has 1 nitrogen and oxygen atoms in total. The molecule has 0 amide bonds. The van der Waals surface area contributed by atoms with Crippen LogP contribution in [0.4, 0.5) is 0 Å². The molecule has 0 aromatic heterocycles. The van der Waals surface area contributed by atoms with Crippen LogP contribution in [0.5, 0.6) is 0 Å². The quantitative estimate of drug-likeness (QED) is 0.413. The summed E-state index contributed by atoms with van der Waals surface area (Å²) < 4.78 is 0. The number of rotatable bonds is 8. The summed E-state index contributed by atoms with van der Waals surface area (Å²) >= 11 is 0. The molecule has 0 heterocycles. The van der Waals surface area contributed by atoms with Crippen LogP contribution in [0.25, 0.3) is 0 Å². The van der Waals surface area contributed by atoms with Gasteiger partial charge in [0.15, 0.2) is 0 Å². The third-order valence-corrected chi connectivity index (χ3v) is 2.82. The van der Waals surface area contributed by atoms with Crippen LogP contribution in [0.2, 0.25) is 0 Å². The van der Waals surface area contributed by atoms with Crippen LogP contribution in [0.1, 0.15) is 53.4 Å². The van der Waals surface area contributed by atoms with Gasteiger partial charge in [0.2, 0.25) is 0 Å². The first-order chi connectivity index (χ1) is 7.11. The van der Waals surface area contributed by atoms with Crippen molar-refractivity contribution >= 4 is 6.72 Å². The van der Waals surface area contributed by atoms with Gasteiger partial charge in [-0.1, -0.05) is 39.3 Å². The first-order valence-electron chi connectivity index (χ1n) is 6.24. The second kappa shape index (κ2) is 8.70. The van der Waals surface area contributed by atoms with E-state index in [1.54, 1.807) is 0 Å². The van der Waals surface area contributed by atoms with Gasteiger partial charge in [-0.3, -0.25) is 4.99 Å². The van der Waals surface area contributed by atoms with Crippen molar-refractivity contribution in [2.45, 2.75) is 59.4 Å². The third-order valence-electron chi connectivity index (χ3n) is 2.82. The van der Waals surface area contributed by atoms with Crippen molar-refractivity contribution in [2.24, 2.45) is 16.8 Å². The molecule has 0 radical (unpaired) electrons. The van der Waals surface area contributed by atoms with E-state index in [4.69, 9.17) is 0 Å². The highest BCUT2D eigenvalue weighted by atomic mass is 14.7. The van der Waals surface area contributed by atoms with Crippen molar-refractivity contribution in [2.75, 3.05) is 0 Å². The molecule has 2 atom stereocenters. The maximum absolute atomic E-state index is 4.12. The molecule has 1 heteroatoms. The molecule has 0 fully saturated rings. The van der Waals surface area contributed by atoms with Gasteiger partial charge in [0.1, 0.15) is 0 Å². The van der Waals surface area contributed by atoms with Gasteiger partial charge in [0.25, 0.3) is 0 Å². The van der Waals surface area contributed by atoms with Gasteiger partial charge in [-0.2, -0.15) is 0 Å². The maximum atomic E-state index is 4.12. The summed E-state index contributed by atoms with van der Waals surface area (Å²) in [7, 11) is 0. The lowest BCUT2D eigenvalue weighted by Gasteiger charge is -2.15. The fraction of sp³-hybridized carbons (Fsp3) is 0.786. The zero-order valence-electron chi connectivity index (χ0n) is 10.9. The van der Waals surface area contributed by atoms with Crippen LogP contribution >= 0.6 is 0 Å². The Balaban J connectivity index is 3.98. The number of aliphatic imine (C=N–C) groups is 1. The molecular formula is C14H27N. The molecule has 0 aliphatic carbocycles. The van der Waals surface area contributed by atoms with E-state index < -0.39 is 0 Å². The third kappa shape index (κ3) is 7.35. The summed E-state index contributed by atoms with van der Waals surface area (Å²) in [6.07, 6.45) is 9.58. The molecule has 0 aliphatic heterocycles. The molecule has 0 aromatic carbocycles. The molecule has 0 N–H and O–H groups in total. The van der Waals surface area contributed by atoms with Gasteiger partial charge < -0.3 is 0 Å². The van der Waals surface area contributed by atoms with E-state index in [2.05, 4.69) is 51.6 Å². The molecule has 15 heavy (non-hydrogen) atoms. The largest absolute Gasteiger partial charge is 0.297 e. The Kier molecular flexibility index (Phi) is 8.35. The van der Waals surface area contributed by atoms with Crippen LogP contribution in [-0.4, -0.2) is 12.8 Å². The minimum absolute atomic E-state index is 0.361. The Morgan fingerprint density at radius 1 is 1.20 bits per heavy atom. The van der Waals surface area contributed by atoms with Crippen molar-refractivity contribution in [1.29, 1.82) is 0 Å². The number of hydrogen-bond donors (Lipinski definition) is 0. The van der Waals surface area contributed by atoms with Crippen molar-refractivity contribution in [1.82, 2.24) is 0 Å². The molecular weight excluding hydrogens is 182 g/mol. The Bertz CT molecular complexity index is 182. The van der Waals surface area contributed by atoms with Gasteiger partial charge in [-0.25, -0.2) is 0 Å². The molecule has 0 rings (SSSR count). The van der Waals surface area contributed by atoms with E-state index in [-0.39, 0.29) is 0 Å². The molecule has 0 saturated carbocycles. The molecule has 0 saturated heterocycles. The lowest BCUT2D eigenvalue weighted by atomic mass is 9.95. The van der Waals surface area contributed by atoms with Gasteiger partial charge in [0.05, 0.1) is 6.04 Å². The summed E-state index contributed by atoms with van der Waals surface area (Å²) in [5.74, 6) is 1.38. The Morgan fingerprint density at radius 2 is 1.87 bits per heavy atom. The summed E-state index contributed by atoms with van der Waals surface area (Å²) in [6, 6.07) is 0.361. The first kappa shape index (κ1) is 14.4. The Morgan fingerprint density at radius 3 is 2.33 bits per heavy atom. The van der Waals surface area contributed by atoms with Gasteiger partial charge in [-0.15, -0.1) is 0 Å². The van der Waals surface area contributed by atoms with E-state index in [0.717, 1.165) is 5.92 Å². The van der Waals surface area contributed by atoms with Gasteiger partial charge in [0, 0.05) is 0 Å². The lowest BCUT2D eigenvalue weighted by Crippen LogP contribution is -2.12. The zero-order valence-corrected chi connectivity index (χ0v) is 10.9. The van der Waals surface area contributed by atoms with E-state index >= 15 is 0 Å². The first-order valence-corrected chi connectivity index (χ1v) is 6.24. The molecule has 0 spiro atoms. The Labute approximate surface area is 95.7 Å². The Hall–Kier alpha value is -0.590. The van der Waals surface area contributed by atoms with Crippen molar-refractivity contribution in [3.05, 3.63) is 12.2 Å². The van der Waals surface area contributed by atoms with E-state index in [0.29, 0.717) is 12.0 Å². The minimum atomic E-state index is 0.361. The standard InChI is InChI=1S/C14H27N/c1-6-9-14(13(4)15-5)11-8-7-10-12(2)3/h8,11-14H,5-7,9-10H2,1-4H3. The van der Waals surface area contributed by atoms with Crippen molar-refractivity contribution in [3.63, 3.8) is 0 Å². The highest BCUT2D eigenvalue weighted by Crippen LogP contribution is 2.16. The van der Waals surface area contributed by atoms with Crippen molar-refractivity contribution < 1.29 is 0 Å². The summed E-state index contributed by atoms with van der Waals surface area (Å²) in [5, 5.41) is 0. The molecule has 88 valence electrons. The second-order valence-corrected chi connectivity index (χ2v) is 4.78. The van der Waals surface area contributed by atoms with Crippen LogP contribution in [0.15, 0.2) is 17.1 Å². The highest BCUT2D eigenvalue weighted by molar-refractivity contribution is 5.24. The summed E-state index contributed by atoms with van der Waals surface area (Å²) in [5.41, 5.74) is 0. The van der Waals surface area contributed by atoms with Gasteiger partial charge >= 0.3 is 0 Å². The topological polar surface area (TPSA) is 12.4 Å². The predicted octanol–water partition coefficient (Wildman–Crippen LogP) is 4.48. The second-order valence-electron chi connectivity index (χ2n) is 4.78. The monoisotopic (exact) mass is 209 g/mol. The van der Waals surface area contributed by atoms with Crippen molar-refractivity contribution in [3.8, 4) is 0 Å². The average Bonchev–Trinajstić information content (AvgIpc) is 2.21. The molecule has 0 bridgehead atoms. The molecule has 2 unspecified atom stereocenters. The molecule has 0 aliphatic rings. The van der Waals surface area contributed by atoms with Gasteiger partial charge in [-0.05, 0) is 44.7 Å². The summed E-state index contributed by atoms with van der Waals surface area (Å²) in [4.78, 5) is 4.12. The number of allylic oxidation sites excluding steroid dienone is 1. The minimum Gasteiger partial charge on any atom is -0.297 e. The fourth-order valence-corrected chi connectivity index (χ4v) is 1.67. The summed E-state index contributed by atoms with van der Waals surface area (Å²) in [6.45, 7) is 12.6. The fourth-order valence-electron chi connectivity index (χ4n) is 1.67. The predicted molar refractivity (Wildman–Crippen MR) is 70.6 cm³/mol. The average molecular weight is 209 g/mol. The lowest BCUT2D eigenvalue weighted by molar-refractivity contribution is 0.494. The van der Waals surface area contributed by atoms with Crippen LogP contribution in [0, 0.1) is 11.8 Å². The highest BCUT2D eigenvalue weighted by Gasteiger charge is 2.10. The van der Waals surface area contributed by atoms with Crippen LogP contribution in [0.3, 0.4) is 0 Å². The van der Waals surface area contributed by atoms with Crippen LogP contribution in [-0.2, 0) is 0 Å². The van der Waals surface area contributed by atoms with Crippen LogP contribution < -0.4 is 0 Å². The molecule has 0 aromatic rings.